The minimum absolute atomic E-state index is 0.225. The molecule has 3 aromatic carbocycles. The summed E-state index contributed by atoms with van der Waals surface area (Å²) in [4.78, 5) is 24.7. The van der Waals surface area contributed by atoms with Gasteiger partial charge in [-0.25, -0.2) is 10.2 Å². The van der Waals surface area contributed by atoms with E-state index >= 15 is 0 Å². The molecule has 3 aromatic rings. The van der Waals surface area contributed by atoms with E-state index in [-0.39, 0.29) is 17.4 Å². The Balaban J connectivity index is 1.58. The van der Waals surface area contributed by atoms with Gasteiger partial charge in [0.1, 0.15) is 16.5 Å². The Morgan fingerprint density at radius 2 is 1.70 bits per heavy atom. The highest BCUT2D eigenvalue weighted by molar-refractivity contribution is 6.42. The van der Waals surface area contributed by atoms with Crippen molar-refractivity contribution in [3.05, 3.63) is 81.8 Å². The zero-order valence-electron chi connectivity index (χ0n) is 20.3. The van der Waals surface area contributed by atoms with Gasteiger partial charge in [0.15, 0.2) is 18.1 Å². The Kier molecular flexibility index (Phi) is 10.6. The van der Waals surface area contributed by atoms with Crippen LogP contribution in [0, 0.1) is 0 Å². The first kappa shape index (κ1) is 27.8. The van der Waals surface area contributed by atoms with Crippen molar-refractivity contribution in [2.45, 2.75) is 20.3 Å². The first-order valence-electron chi connectivity index (χ1n) is 11.5. The number of nitrogens with zero attached hydrogens (tertiary/aromatic N) is 1. The monoisotopic (exact) mass is 544 g/mol. The summed E-state index contributed by atoms with van der Waals surface area (Å²) in [6.45, 7) is 4.49. The van der Waals surface area contributed by atoms with Crippen LogP contribution in [0.15, 0.2) is 65.8 Å². The topological polar surface area (TPSA) is 95.5 Å². The zero-order chi connectivity index (χ0) is 26.6. The number of rotatable bonds is 12. The number of halogens is 2. The van der Waals surface area contributed by atoms with Gasteiger partial charge in [0.25, 0.3) is 5.91 Å². The van der Waals surface area contributed by atoms with Gasteiger partial charge < -0.3 is 18.9 Å². The number of nitrogens with one attached hydrogen (secondary N) is 1. The lowest BCUT2D eigenvalue weighted by Gasteiger charge is -2.12. The van der Waals surface area contributed by atoms with Gasteiger partial charge in [0.05, 0.1) is 30.0 Å². The van der Waals surface area contributed by atoms with E-state index < -0.39 is 11.9 Å². The van der Waals surface area contributed by atoms with Crippen LogP contribution in [-0.2, 0) is 4.79 Å². The molecule has 0 radical (unpaired) electrons. The number of hydrazone groups is 1. The van der Waals surface area contributed by atoms with Crippen LogP contribution >= 0.6 is 23.2 Å². The lowest BCUT2D eigenvalue weighted by Crippen LogP contribution is -2.24. The molecular formula is C27H26Cl2N2O6. The Morgan fingerprint density at radius 3 is 2.43 bits per heavy atom. The average molecular weight is 545 g/mol. The second-order valence-corrected chi connectivity index (χ2v) is 8.32. The van der Waals surface area contributed by atoms with E-state index in [0.29, 0.717) is 46.6 Å². The molecule has 10 heteroatoms. The van der Waals surface area contributed by atoms with Crippen LogP contribution in [0.3, 0.4) is 0 Å². The lowest BCUT2D eigenvalue weighted by atomic mass is 10.2. The normalized spacial score (nSPS) is 10.7. The van der Waals surface area contributed by atoms with Crippen molar-refractivity contribution in [3.8, 4) is 23.0 Å². The molecule has 1 amide bonds. The maximum absolute atomic E-state index is 12.6. The van der Waals surface area contributed by atoms with Crippen molar-refractivity contribution in [1.29, 1.82) is 0 Å². The Hall–Kier alpha value is -3.75. The summed E-state index contributed by atoms with van der Waals surface area (Å²) >= 11 is 12.0. The van der Waals surface area contributed by atoms with E-state index in [1.807, 2.05) is 13.8 Å². The minimum atomic E-state index is -0.531. The summed E-state index contributed by atoms with van der Waals surface area (Å²) in [5, 5.41) is 4.47. The molecule has 8 nitrogen and oxygen atoms in total. The van der Waals surface area contributed by atoms with Crippen LogP contribution in [0.4, 0.5) is 0 Å². The number of hydrogen-bond acceptors (Lipinski definition) is 7. The maximum atomic E-state index is 12.6. The molecule has 0 spiro atoms. The van der Waals surface area contributed by atoms with Crippen LogP contribution in [0.25, 0.3) is 0 Å². The molecule has 0 bridgehead atoms. The molecule has 194 valence electrons. The van der Waals surface area contributed by atoms with Crippen LogP contribution < -0.4 is 24.4 Å². The number of carbonyl (C=O) groups excluding carboxylic acids is 2. The molecule has 1 N–H and O–H groups in total. The summed E-state index contributed by atoms with van der Waals surface area (Å²) in [5.74, 6) is 0.564. The largest absolute Gasteiger partial charge is 0.494 e. The molecule has 0 fully saturated rings. The third kappa shape index (κ3) is 8.41. The van der Waals surface area contributed by atoms with Crippen molar-refractivity contribution in [2.75, 3.05) is 19.8 Å². The van der Waals surface area contributed by atoms with Gasteiger partial charge in [-0.1, -0.05) is 36.2 Å². The molecule has 0 aliphatic carbocycles. The molecule has 0 unspecified atom stereocenters. The van der Waals surface area contributed by atoms with E-state index in [1.54, 1.807) is 60.7 Å². The number of esters is 1. The summed E-state index contributed by atoms with van der Waals surface area (Å²) in [6.07, 6.45) is 2.32. The van der Waals surface area contributed by atoms with Crippen molar-refractivity contribution >= 4 is 41.3 Å². The number of carbonyl (C=O) groups is 2. The van der Waals surface area contributed by atoms with Gasteiger partial charge in [-0.05, 0) is 73.5 Å². The minimum Gasteiger partial charge on any atom is -0.494 e. The molecule has 3 rings (SSSR count). The standard InChI is InChI=1S/C27H26Cl2N2O6/c1-3-14-35-20-11-9-19(10-12-20)27(33)37-22-13-8-18(15-24(22)34-4-2)16-30-31-25(32)17-36-23-7-5-6-21(28)26(23)29/h5-13,15-16H,3-4,14,17H2,1-2H3,(H,31,32)/b30-16+. The summed E-state index contributed by atoms with van der Waals surface area (Å²) < 4.78 is 22.1. The fourth-order valence-electron chi connectivity index (χ4n) is 2.97. The van der Waals surface area contributed by atoms with Gasteiger partial charge in [-0.2, -0.15) is 5.10 Å². The van der Waals surface area contributed by atoms with E-state index in [1.165, 1.54) is 6.21 Å². The van der Waals surface area contributed by atoms with Gasteiger partial charge in [-0.3, -0.25) is 4.79 Å². The van der Waals surface area contributed by atoms with Gasteiger partial charge >= 0.3 is 5.97 Å². The van der Waals surface area contributed by atoms with Crippen molar-refractivity contribution in [1.82, 2.24) is 5.43 Å². The Bertz CT molecular complexity index is 1250. The molecule has 0 heterocycles. The predicted molar refractivity (Wildman–Crippen MR) is 142 cm³/mol. The third-order valence-electron chi connectivity index (χ3n) is 4.71. The van der Waals surface area contributed by atoms with Crippen molar-refractivity contribution < 1.29 is 28.5 Å². The number of benzene rings is 3. The second-order valence-electron chi connectivity index (χ2n) is 7.54. The van der Waals surface area contributed by atoms with E-state index in [2.05, 4.69) is 10.5 Å². The summed E-state index contributed by atoms with van der Waals surface area (Å²) in [5.41, 5.74) is 3.35. The third-order valence-corrected chi connectivity index (χ3v) is 5.51. The SMILES string of the molecule is CCCOc1ccc(C(=O)Oc2ccc(/C=N/NC(=O)COc3cccc(Cl)c3Cl)cc2OCC)cc1. The fraction of sp³-hybridized carbons (Fsp3) is 0.222. The second kappa shape index (κ2) is 14.1. The fourth-order valence-corrected chi connectivity index (χ4v) is 3.32. The Labute approximate surface area is 225 Å². The smallest absolute Gasteiger partial charge is 0.343 e. The molecule has 0 aliphatic heterocycles. The van der Waals surface area contributed by atoms with Crippen LogP contribution in [0.1, 0.15) is 36.2 Å². The Morgan fingerprint density at radius 1 is 0.919 bits per heavy atom. The quantitative estimate of drug-likeness (QED) is 0.131. The average Bonchev–Trinajstić information content (AvgIpc) is 2.90. The molecule has 0 atom stereocenters. The molecule has 0 saturated carbocycles. The summed E-state index contributed by atoms with van der Waals surface area (Å²) in [6, 6.07) is 16.5. The molecule has 37 heavy (non-hydrogen) atoms. The molecule has 0 saturated heterocycles. The predicted octanol–water partition coefficient (Wildman–Crippen LogP) is 5.93. The number of hydrogen-bond donors (Lipinski definition) is 1. The first-order chi connectivity index (χ1) is 17.9. The highest BCUT2D eigenvalue weighted by Gasteiger charge is 2.14. The lowest BCUT2D eigenvalue weighted by molar-refractivity contribution is -0.123. The van der Waals surface area contributed by atoms with E-state index in [4.69, 9.17) is 42.1 Å². The summed E-state index contributed by atoms with van der Waals surface area (Å²) in [7, 11) is 0. The van der Waals surface area contributed by atoms with E-state index in [0.717, 1.165) is 6.42 Å². The van der Waals surface area contributed by atoms with Gasteiger partial charge in [-0.15, -0.1) is 0 Å². The number of amides is 1. The highest BCUT2D eigenvalue weighted by atomic mass is 35.5. The highest BCUT2D eigenvalue weighted by Crippen LogP contribution is 2.31. The maximum Gasteiger partial charge on any atom is 0.343 e. The van der Waals surface area contributed by atoms with E-state index in [9.17, 15) is 9.59 Å². The molecular weight excluding hydrogens is 519 g/mol. The van der Waals surface area contributed by atoms with Crippen LogP contribution in [-0.4, -0.2) is 37.9 Å². The van der Waals surface area contributed by atoms with Gasteiger partial charge in [0, 0.05) is 0 Å². The van der Waals surface area contributed by atoms with Crippen LogP contribution in [0.5, 0.6) is 23.0 Å². The number of ether oxygens (including phenoxy) is 4. The van der Waals surface area contributed by atoms with Crippen molar-refractivity contribution in [3.63, 3.8) is 0 Å². The first-order valence-corrected chi connectivity index (χ1v) is 12.3. The van der Waals surface area contributed by atoms with Gasteiger partial charge in [0.2, 0.25) is 0 Å². The van der Waals surface area contributed by atoms with Crippen LogP contribution in [0.2, 0.25) is 10.0 Å². The molecule has 0 aromatic heterocycles. The zero-order valence-corrected chi connectivity index (χ0v) is 21.8. The van der Waals surface area contributed by atoms with Crippen molar-refractivity contribution in [2.24, 2.45) is 5.10 Å². The molecule has 0 aliphatic rings.